The van der Waals surface area contributed by atoms with Gasteiger partial charge in [0.1, 0.15) is 0 Å². The summed E-state index contributed by atoms with van der Waals surface area (Å²) < 4.78 is 0. The van der Waals surface area contributed by atoms with E-state index >= 15 is 0 Å². The predicted octanol–water partition coefficient (Wildman–Crippen LogP) is 1.39. The molecule has 0 aromatic heterocycles. The van der Waals surface area contributed by atoms with Crippen LogP contribution >= 0.6 is 0 Å². The predicted molar refractivity (Wildman–Crippen MR) is 54.1 cm³/mol. The maximum atomic E-state index is 4.56. The van der Waals surface area contributed by atoms with Crippen LogP contribution in [0.15, 0.2) is 16.6 Å². The van der Waals surface area contributed by atoms with E-state index in [0.717, 1.165) is 18.4 Å². The molecule has 1 aliphatic carbocycles. The molecule has 0 aromatic carbocycles. The van der Waals surface area contributed by atoms with Crippen molar-refractivity contribution in [1.82, 2.24) is 5.32 Å². The molecule has 2 heteroatoms. The minimum Gasteiger partial charge on any atom is -0.313 e. The van der Waals surface area contributed by atoms with Gasteiger partial charge in [0.25, 0.3) is 0 Å². The van der Waals surface area contributed by atoms with Gasteiger partial charge >= 0.3 is 0 Å². The highest BCUT2D eigenvalue weighted by molar-refractivity contribution is 5.61. The van der Waals surface area contributed by atoms with Crippen LogP contribution in [0.1, 0.15) is 19.3 Å². The summed E-state index contributed by atoms with van der Waals surface area (Å²) in [5, 5.41) is 3.45. The van der Waals surface area contributed by atoms with Crippen LogP contribution in [0.4, 0.5) is 0 Å². The van der Waals surface area contributed by atoms with Gasteiger partial charge in [-0.25, -0.2) is 0 Å². The molecule has 0 amide bonds. The number of nitrogens with zero attached hydrogens (tertiary/aromatic N) is 1. The van der Waals surface area contributed by atoms with Crippen molar-refractivity contribution in [1.29, 1.82) is 0 Å². The van der Waals surface area contributed by atoms with E-state index in [1.165, 1.54) is 25.8 Å². The highest BCUT2D eigenvalue weighted by atomic mass is 14.9. The first-order valence-corrected chi connectivity index (χ1v) is 5.36. The number of rotatable bonds is 0. The van der Waals surface area contributed by atoms with Crippen molar-refractivity contribution in [2.75, 3.05) is 13.1 Å². The van der Waals surface area contributed by atoms with E-state index in [2.05, 4.69) is 22.6 Å². The molecule has 3 aliphatic rings. The topological polar surface area (TPSA) is 24.4 Å². The lowest BCUT2D eigenvalue weighted by molar-refractivity contribution is 0.351. The third-order valence-electron chi connectivity index (χ3n) is 3.65. The van der Waals surface area contributed by atoms with E-state index in [1.54, 1.807) is 5.57 Å². The van der Waals surface area contributed by atoms with Crippen LogP contribution in [0, 0.1) is 11.8 Å². The second kappa shape index (κ2) is 2.95. The summed E-state index contributed by atoms with van der Waals surface area (Å²) in [6.45, 7) is 2.33. The molecule has 2 aliphatic heterocycles. The summed E-state index contributed by atoms with van der Waals surface area (Å²) in [4.78, 5) is 4.56. The number of hydrogen-bond acceptors (Lipinski definition) is 2. The van der Waals surface area contributed by atoms with Gasteiger partial charge in [0.05, 0.1) is 6.04 Å². The second-order valence-electron chi connectivity index (χ2n) is 4.44. The molecule has 2 nitrogen and oxygen atoms in total. The first-order valence-electron chi connectivity index (χ1n) is 5.36. The van der Waals surface area contributed by atoms with Gasteiger partial charge in [-0.05, 0) is 37.9 Å². The number of aliphatic imine (C=N–C) groups is 1. The molecule has 3 rings (SSSR count). The van der Waals surface area contributed by atoms with Crippen molar-refractivity contribution in [3.63, 3.8) is 0 Å². The van der Waals surface area contributed by atoms with Crippen LogP contribution in [0.5, 0.6) is 0 Å². The number of hydrogen-bond donors (Lipinski definition) is 1. The molecule has 0 spiro atoms. The van der Waals surface area contributed by atoms with Gasteiger partial charge in [-0.1, -0.05) is 11.6 Å². The standard InChI is InChI=1S/C11H16N2/c1-3-12-7-10-5-9-2-4-13-11(9)6-8(1)10/h4-5,8-9,11-12H,1-3,6-7H2. The third-order valence-corrected chi connectivity index (χ3v) is 3.65. The van der Waals surface area contributed by atoms with E-state index in [4.69, 9.17) is 0 Å². The lowest BCUT2D eigenvalue weighted by Gasteiger charge is -2.34. The van der Waals surface area contributed by atoms with E-state index in [0.29, 0.717) is 6.04 Å². The largest absolute Gasteiger partial charge is 0.313 e. The summed E-state index contributed by atoms with van der Waals surface area (Å²) in [6.07, 6.45) is 8.44. The number of nitrogens with one attached hydrogen (secondary N) is 1. The van der Waals surface area contributed by atoms with E-state index < -0.39 is 0 Å². The van der Waals surface area contributed by atoms with Gasteiger partial charge in [-0.2, -0.15) is 0 Å². The van der Waals surface area contributed by atoms with Gasteiger partial charge < -0.3 is 5.32 Å². The Bertz CT molecular complexity index is 267. The van der Waals surface area contributed by atoms with E-state index in [9.17, 15) is 0 Å². The molecule has 0 radical (unpaired) electrons. The van der Waals surface area contributed by atoms with Crippen LogP contribution in [-0.2, 0) is 0 Å². The average molecular weight is 176 g/mol. The quantitative estimate of drug-likeness (QED) is 0.554. The highest BCUT2D eigenvalue weighted by Crippen LogP contribution is 2.37. The zero-order valence-electron chi connectivity index (χ0n) is 7.87. The van der Waals surface area contributed by atoms with Crippen molar-refractivity contribution in [2.45, 2.75) is 25.3 Å². The maximum absolute atomic E-state index is 4.56. The first-order chi connectivity index (χ1) is 6.43. The molecular formula is C11H16N2. The Hall–Kier alpha value is -0.630. The fraction of sp³-hybridized carbons (Fsp3) is 0.727. The molecular weight excluding hydrogens is 160 g/mol. The zero-order valence-corrected chi connectivity index (χ0v) is 7.87. The van der Waals surface area contributed by atoms with Gasteiger partial charge in [-0.15, -0.1) is 0 Å². The van der Waals surface area contributed by atoms with Gasteiger partial charge in [0, 0.05) is 12.5 Å². The van der Waals surface area contributed by atoms with Crippen molar-refractivity contribution in [2.24, 2.45) is 16.8 Å². The summed E-state index contributed by atoms with van der Waals surface area (Å²) in [7, 11) is 0. The summed E-state index contributed by atoms with van der Waals surface area (Å²) in [6, 6.07) is 0.631. The molecule has 1 N–H and O–H groups in total. The highest BCUT2D eigenvalue weighted by Gasteiger charge is 2.33. The average Bonchev–Trinajstić information content (AvgIpc) is 2.61. The Morgan fingerprint density at radius 3 is 3.46 bits per heavy atom. The summed E-state index contributed by atoms with van der Waals surface area (Å²) in [5.74, 6) is 1.59. The fourth-order valence-electron chi connectivity index (χ4n) is 2.87. The Labute approximate surface area is 79.1 Å². The normalized spacial score (nSPS) is 42.5. The van der Waals surface area contributed by atoms with Crippen LogP contribution in [0.3, 0.4) is 0 Å². The van der Waals surface area contributed by atoms with Crippen molar-refractivity contribution in [3.8, 4) is 0 Å². The minimum absolute atomic E-state index is 0.631. The summed E-state index contributed by atoms with van der Waals surface area (Å²) in [5.41, 5.74) is 1.66. The lowest BCUT2D eigenvalue weighted by Crippen LogP contribution is -2.36. The molecule has 0 bridgehead atoms. The molecule has 1 fully saturated rings. The van der Waals surface area contributed by atoms with Crippen LogP contribution in [0.25, 0.3) is 0 Å². The van der Waals surface area contributed by atoms with Gasteiger partial charge in [-0.3, -0.25) is 4.99 Å². The maximum Gasteiger partial charge on any atom is 0.0567 e. The van der Waals surface area contributed by atoms with Gasteiger partial charge in [0.2, 0.25) is 0 Å². The Morgan fingerprint density at radius 1 is 1.46 bits per heavy atom. The fourth-order valence-corrected chi connectivity index (χ4v) is 2.87. The Morgan fingerprint density at radius 2 is 2.46 bits per heavy atom. The molecule has 1 saturated heterocycles. The monoisotopic (exact) mass is 176 g/mol. The zero-order chi connectivity index (χ0) is 8.67. The van der Waals surface area contributed by atoms with Crippen LogP contribution in [0.2, 0.25) is 0 Å². The molecule has 70 valence electrons. The SMILES string of the molecule is C1=NC2CC3CCNCC3=CC2C1. The molecule has 0 saturated carbocycles. The van der Waals surface area contributed by atoms with Crippen LogP contribution in [-0.4, -0.2) is 25.3 Å². The van der Waals surface area contributed by atoms with Crippen molar-refractivity contribution in [3.05, 3.63) is 11.6 Å². The smallest absolute Gasteiger partial charge is 0.0567 e. The van der Waals surface area contributed by atoms with E-state index in [1.807, 2.05) is 0 Å². The van der Waals surface area contributed by atoms with Crippen molar-refractivity contribution >= 4 is 6.21 Å². The van der Waals surface area contributed by atoms with Gasteiger partial charge in [0.15, 0.2) is 0 Å². The second-order valence-corrected chi connectivity index (χ2v) is 4.44. The first kappa shape index (κ1) is 7.74. The lowest BCUT2D eigenvalue weighted by atomic mass is 9.76. The molecule has 2 heterocycles. The number of piperidine rings is 1. The Kier molecular flexibility index (Phi) is 1.76. The molecule has 13 heavy (non-hydrogen) atoms. The minimum atomic E-state index is 0.631. The van der Waals surface area contributed by atoms with Crippen molar-refractivity contribution < 1.29 is 0 Å². The van der Waals surface area contributed by atoms with E-state index in [-0.39, 0.29) is 0 Å². The molecule has 3 atom stereocenters. The van der Waals surface area contributed by atoms with Crippen LogP contribution < -0.4 is 5.32 Å². The Balaban J connectivity index is 1.86. The number of fused-ring (bicyclic) bond motifs is 2. The third kappa shape index (κ3) is 1.24. The summed E-state index contributed by atoms with van der Waals surface area (Å²) >= 11 is 0. The molecule has 0 aromatic rings. The molecule has 3 unspecified atom stereocenters.